The van der Waals surface area contributed by atoms with E-state index in [0.29, 0.717) is 27.4 Å². The normalized spacial score (nSPS) is 13.0. The van der Waals surface area contributed by atoms with Gasteiger partial charge in [0.1, 0.15) is 18.0 Å². The number of nitrogens with zero attached hydrogens (tertiary/aromatic N) is 2. The fraction of sp³-hybridized carbons (Fsp3) is 0.192. The number of hydrogen-bond acceptors (Lipinski definition) is 5. The van der Waals surface area contributed by atoms with Gasteiger partial charge in [0.05, 0.1) is 10.9 Å². The molecule has 4 aromatic rings. The monoisotopic (exact) mass is 509 g/mol. The van der Waals surface area contributed by atoms with Gasteiger partial charge < -0.3 is 0 Å². The van der Waals surface area contributed by atoms with Gasteiger partial charge in [0.2, 0.25) is 0 Å². The van der Waals surface area contributed by atoms with Crippen LogP contribution in [0.1, 0.15) is 49.7 Å². The molecule has 0 atom stereocenters. The Balaban J connectivity index is 1.36. The van der Waals surface area contributed by atoms with E-state index in [2.05, 4.69) is 10.2 Å². The first-order valence-corrected chi connectivity index (χ1v) is 12.3. The summed E-state index contributed by atoms with van der Waals surface area (Å²) in [4.78, 5) is 31.8. The molecule has 2 aromatic heterocycles. The van der Waals surface area contributed by atoms with Gasteiger partial charge >= 0.3 is 0 Å². The van der Waals surface area contributed by atoms with Gasteiger partial charge in [0, 0.05) is 28.0 Å². The molecule has 0 bridgehead atoms. The minimum atomic E-state index is -0.557. The van der Waals surface area contributed by atoms with Crippen LogP contribution in [0.25, 0.3) is 11.3 Å². The van der Waals surface area contributed by atoms with E-state index >= 15 is 4.39 Å². The zero-order valence-electron chi connectivity index (χ0n) is 18.6. The molecule has 0 aliphatic heterocycles. The third kappa shape index (κ3) is 5.05. The number of hydroxylamine groups is 2. The number of amides is 1. The zero-order chi connectivity index (χ0) is 24.4. The Morgan fingerprint density at radius 3 is 2.74 bits per heavy atom. The standard InChI is InChI=1S/C26H21ClFN3O3S/c27-23-12-10-19(35-23)14-31(26(33)16-5-2-1-3-6-16)34-15-21-24(28)25(30-29-21)18-9-11-20-17(13-18)7-4-8-22(20)32/h1-3,5-6,9-13H,4,7-8,14-15H2,(H,29,30). The molecule has 1 amide bonds. The molecule has 1 N–H and O–H groups in total. The number of thiophene rings is 1. The third-order valence-electron chi connectivity index (χ3n) is 5.84. The Bertz CT molecular complexity index is 1390. The number of carbonyl (C=O) groups is 2. The fourth-order valence-corrected chi connectivity index (χ4v) is 5.13. The van der Waals surface area contributed by atoms with E-state index in [1.165, 1.54) is 16.4 Å². The lowest BCUT2D eigenvalue weighted by molar-refractivity contribution is -0.141. The maximum atomic E-state index is 15.3. The van der Waals surface area contributed by atoms with Crippen LogP contribution < -0.4 is 0 Å². The maximum absolute atomic E-state index is 15.3. The Morgan fingerprint density at radius 2 is 1.97 bits per heavy atom. The Hall–Kier alpha value is -3.33. The van der Waals surface area contributed by atoms with Crippen LogP contribution in [0.15, 0.2) is 60.7 Å². The smallest absolute Gasteiger partial charge is 0.277 e. The summed E-state index contributed by atoms with van der Waals surface area (Å²) < 4.78 is 15.9. The zero-order valence-corrected chi connectivity index (χ0v) is 20.2. The fourth-order valence-electron chi connectivity index (χ4n) is 4.07. The van der Waals surface area contributed by atoms with E-state index in [-0.39, 0.29) is 36.2 Å². The van der Waals surface area contributed by atoms with Crippen molar-refractivity contribution in [3.05, 3.63) is 98.1 Å². The molecule has 0 unspecified atom stereocenters. The number of Topliss-reactive ketones (excluding diaryl/α,β-unsaturated/α-hetero) is 1. The summed E-state index contributed by atoms with van der Waals surface area (Å²) in [6.45, 7) is -0.0630. The summed E-state index contributed by atoms with van der Waals surface area (Å²) in [5, 5.41) is 8.02. The second-order valence-electron chi connectivity index (χ2n) is 8.20. The minimum absolute atomic E-state index is 0.115. The highest BCUT2D eigenvalue weighted by Crippen LogP contribution is 2.29. The first-order valence-electron chi connectivity index (χ1n) is 11.1. The molecule has 0 saturated carbocycles. The van der Waals surface area contributed by atoms with Gasteiger partial charge in [0.25, 0.3) is 5.91 Å². The number of carbonyl (C=O) groups excluding carboxylic acids is 2. The lowest BCUT2D eigenvalue weighted by Gasteiger charge is -2.21. The molecule has 0 spiro atoms. The molecular formula is C26H21ClFN3O3S. The molecule has 1 aliphatic carbocycles. The number of fused-ring (bicyclic) bond motifs is 1. The molecule has 2 heterocycles. The number of H-pyrrole nitrogens is 1. The van der Waals surface area contributed by atoms with Crippen molar-refractivity contribution in [2.45, 2.75) is 32.4 Å². The SMILES string of the molecule is O=C1CCCc2cc(-c3n[nH]c(CON(Cc4ccc(Cl)s4)C(=O)c4ccccc4)c3F)ccc21. The summed E-state index contributed by atoms with van der Waals surface area (Å²) in [6, 6.07) is 17.6. The third-order valence-corrected chi connectivity index (χ3v) is 7.06. The number of nitrogens with one attached hydrogen (secondary N) is 1. The highest BCUT2D eigenvalue weighted by Gasteiger charge is 2.23. The van der Waals surface area contributed by atoms with Gasteiger partial charge in [-0.3, -0.25) is 19.5 Å². The lowest BCUT2D eigenvalue weighted by Crippen LogP contribution is -2.30. The number of aryl methyl sites for hydroxylation is 1. The number of hydrogen-bond donors (Lipinski definition) is 1. The van der Waals surface area contributed by atoms with Gasteiger partial charge in [-0.25, -0.2) is 9.45 Å². The predicted octanol–water partition coefficient (Wildman–Crippen LogP) is 6.22. The molecule has 9 heteroatoms. The molecule has 2 aromatic carbocycles. The maximum Gasteiger partial charge on any atom is 0.277 e. The largest absolute Gasteiger partial charge is 0.294 e. The predicted molar refractivity (Wildman–Crippen MR) is 132 cm³/mol. The highest BCUT2D eigenvalue weighted by atomic mass is 35.5. The average molecular weight is 510 g/mol. The van der Waals surface area contributed by atoms with Crippen LogP contribution in [-0.4, -0.2) is 27.0 Å². The van der Waals surface area contributed by atoms with Crippen molar-refractivity contribution in [3.8, 4) is 11.3 Å². The van der Waals surface area contributed by atoms with E-state index < -0.39 is 5.82 Å². The van der Waals surface area contributed by atoms with Crippen LogP contribution >= 0.6 is 22.9 Å². The number of aromatic amines is 1. The van der Waals surface area contributed by atoms with Gasteiger partial charge in [0.15, 0.2) is 11.6 Å². The van der Waals surface area contributed by atoms with Crippen LogP contribution in [0.5, 0.6) is 0 Å². The first-order chi connectivity index (χ1) is 17.0. The molecule has 0 saturated heterocycles. The number of ketones is 1. The van der Waals surface area contributed by atoms with Gasteiger partial charge in [-0.05, 0) is 48.7 Å². The number of halogens is 2. The Kier molecular flexibility index (Phi) is 6.77. The molecule has 6 nitrogen and oxygen atoms in total. The summed E-state index contributed by atoms with van der Waals surface area (Å²) in [7, 11) is 0. The van der Waals surface area contributed by atoms with Crippen molar-refractivity contribution in [2.24, 2.45) is 0 Å². The van der Waals surface area contributed by atoms with E-state index in [0.717, 1.165) is 23.3 Å². The molecule has 35 heavy (non-hydrogen) atoms. The average Bonchev–Trinajstić information content (AvgIpc) is 3.46. The van der Waals surface area contributed by atoms with Crippen LogP contribution in [-0.2, 0) is 24.4 Å². The molecule has 1 aliphatic rings. The van der Waals surface area contributed by atoms with Crippen molar-refractivity contribution < 1.29 is 18.8 Å². The van der Waals surface area contributed by atoms with Crippen molar-refractivity contribution in [1.29, 1.82) is 0 Å². The summed E-state index contributed by atoms with van der Waals surface area (Å²) >= 11 is 7.38. The van der Waals surface area contributed by atoms with E-state index in [9.17, 15) is 9.59 Å². The number of rotatable bonds is 7. The highest BCUT2D eigenvalue weighted by molar-refractivity contribution is 7.16. The summed E-state index contributed by atoms with van der Waals surface area (Å²) in [5.74, 6) is -0.794. The quantitative estimate of drug-likeness (QED) is 0.300. The number of aromatic nitrogens is 2. The van der Waals surface area contributed by atoms with Crippen LogP contribution in [0, 0.1) is 5.82 Å². The van der Waals surface area contributed by atoms with Gasteiger partial charge in [-0.2, -0.15) is 5.10 Å². The molecule has 0 radical (unpaired) electrons. The topological polar surface area (TPSA) is 75.3 Å². The van der Waals surface area contributed by atoms with Crippen molar-refractivity contribution >= 4 is 34.6 Å². The van der Waals surface area contributed by atoms with Crippen LogP contribution in [0.2, 0.25) is 4.34 Å². The van der Waals surface area contributed by atoms with Crippen molar-refractivity contribution in [1.82, 2.24) is 15.3 Å². The molecule has 0 fully saturated rings. The lowest BCUT2D eigenvalue weighted by atomic mass is 9.89. The first kappa shape index (κ1) is 23.4. The van der Waals surface area contributed by atoms with E-state index in [1.54, 1.807) is 42.5 Å². The number of benzene rings is 2. The van der Waals surface area contributed by atoms with Crippen molar-refractivity contribution in [3.63, 3.8) is 0 Å². The van der Waals surface area contributed by atoms with E-state index in [4.69, 9.17) is 16.4 Å². The second kappa shape index (κ2) is 10.1. The van der Waals surface area contributed by atoms with Gasteiger partial charge in [-0.15, -0.1) is 11.3 Å². The minimum Gasteiger partial charge on any atom is -0.294 e. The Morgan fingerprint density at radius 1 is 1.14 bits per heavy atom. The van der Waals surface area contributed by atoms with Gasteiger partial charge in [-0.1, -0.05) is 41.9 Å². The van der Waals surface area contributed by atoms with Crippen LogP contribution in [0.4, 0.5) is 4.39 Å². The molecule has 5 rings (SSSR count). The van der Waals surface area contributed by atoms with Crippen LogP contribution in [0.3, 0.4) is 0 Å². The summed E-state index contributed by atoms with van der Waals surface area (Å²) in [5.41, 5.74) is 2.91. The van der Waals surface area contributed by atoms with Crippen molar-refractivity contribution in [2.75, 3.05) is 0 Å². The van der Waals surface area contributed by atoms with E-state index in [1.807, 2.05) is 18.2 Å². The molecular weight excluding hydrogens is 489 g/mol. The molecule has 178 valence electrons. The summed E-state index contributed by atoms with van der Waals surface area (Å²) in [6.07, 6.45) is 2.11. The Labute approximate surface area is 210 Å². The second-order valence-corrected chi connectivity index (χ2v) is 10.0.